The van der Waals surface area contributed by atoms with Crippen LogP contribution in [0.5, 0.6) is 0 Å². The highest BCUT2D eigenvalue weighted by Gasteiger charge is 2.31. The van der Waals surface area contributed by atoms with Crippen molar-refractivity contribution in [1.82, 2.24) is 25.7 Å². The Morgan fingerprint density at radius 1 is 1.24 bits per heavy atom. The number of aryl methyl sites for hydroxylation is 1. The second kappa shape index (κ2) is 7.06. The monoisotopic (exact) mass is 345 g/mol. The molecule has 25 heavy (non-hydrogen) atoms. The van der Waals surface area contributed by atoms with Crippen molar-refractivity contribution in [3.05, 3.63) is 17.5 Å². The zero-order chi connectivity index (χ0) is 17.2. The van der Waals surface area contributed by atoms with Gasteiger partial charge in [0.2, 0.25) is 5.91 Å². The zero-order valence-electron chi connectivity index (χ0n) is 14.6. The summed E-state index contributed by atoms with van der Waals surface area (Å²) in [5.74, 6) is 0.715. The van der Waals surface area contributed by atoms with E-state index in [4.69, 9.17) is 0 Å². The van der Waals surface area contributed by atoms with Gasteiger partial charge in [0, 0.05) is 19.6 Å². The summed E-state index contributed by atoms with van der Waals surface area (Å²) in [6, 6.07) is -0.0602. The van der Waals surface area contributed by atoms with Gasteiger partial charge in [-0.25, -0.2) is 4.79 Å². The molecule has 2 aliphatic carbocycles. The third-order valence-electron chi connectivity index (χ3n) is 5.68. The average Bonchev–Trinajstić information content (AvgIpc) is 3.34. The van der Waals surface area contributed by atoms with Crippen LogP contribution in [0.2, 0.25) is 0 Å². The lowest BCUT2D eigenvalue weighted by atomic mass is 9.93. The zero-order valence-corrected chi connectivity index (χ0v) is 14.6. The fraction of sp³-hybridized carbons (Fsp3) is 0.722. The van der Waals surface area contributed by atoms with Crippen molar-refractivity contribution in [3.63, 3.8) is 0 Å². The van der Waals surface area contributed by atoms with Gasteiger partial charge in [-0.15, -0.1) is 0 Å². The number of H-pyrrole nitrogens is 1. The molecule has 0 unspecified atom stereocenters. The van der Waals surface area contributed by atoms with Crippen molar-refractivity contribution < 1.29 is 9.59 Å². The summed E-state index contributed by atoms with van der Waals surface area (Å²) in [5, 5.41) is 13.3. The molecule has 3 aliphatic rings. The number of carbonyl (C=O) groups is 2. The van der Waals surface area contributed by atoms with Gasteiger partial charge < -0.3 is 15.5 Å². The summed E-state index contributed by atoms with van der Waals surface area (Å²) in [6.07, 6.45) is 9.08. The van der Waals surface area contributed by atoms with Crippen molar-refractivity contribution in [2.24, 2.45) is 11.8 Å². The minimum Gasteiger partial charge on any atom is -0.356 e. The smallest absolute Gasteiger partial charge is 0.317 e. The first-order chi connectivity index (χ1) is 12.2. The van der Waals surface area contributed by atoms with Crippen LogP contribution in [0.15, 0.2) is 6.20 Å². The molecule has 7 nitrogen and oxygen atoms in total. The third kappa shape index (κ3) is 3.80. The molecule has 0 aromatic carbocycles. The Balaban J connectivity index is 1.32. The number of likely N-dealkylation sites (tertiary alicyclic amines) is 1. The average molecular weight is 345 g/mol. The number of aromatic amines is 1. The SMILES string of the molecule is O=C(NCC1CC1)[C@H]1CCCN(C(=O)N[C@H]2CCCc3cn[nH]c32)C1. The molecule has 0 radical (unpaired) electrons. The molecule has 7 heteroatoms. The highest BCUT2D eigenvalue weighted by atomic mass is 16.2. The van der Waals surface area contributed by atoms with E-state index in [2.05, 4.69) is 20.8 Å². The number of hydrogen-bond acceptors (Lipinski definition) is 3. The van der Waals surface area contributed by atoms with E-state index in [1.54, 1.807) is 4.90 Å². The van der Waals surface area contributed by atoms with Gasteiger partial charge in [0.1, 0.15) is 0 Å². The molecule has 2 heterocycles. The molecule has 1 aliphatic heterocycles. The molecule has 4 rings (SSSR count). The Labute approximate surface area is 147 Å². The number of piperidine rings is 1. The minimum atomic E-state index is -0.0766. The number of nitrogens with zero attached hydrogens (tertiary/aromatic N) is 2. The Morgan fingerprint density at radius 2 is 2.12 bits per heavy atom. The fourth-order valence-electron chi connectivity index (χ4n) is 3.93. The molecule has 1 saturated heterocycles. The molecule has 3 amide bonds. The van der Waals surface area contributed by atoms with E-state index in [1.165, 1.54) is 18.4 Å². The summed E-state index contributed by atoms with van der Waals surface area (Å²) in [6.45, 7) is 2.04. The Bertz CT molecular complexity index is 639. The maximum Gasteiger partial charge on any atom is 0.317 e. The van der Waals surface area contributed by atoms with Crippen LogP contribution in [0.25, 0.3) is 0 Å². The van der Waals surface area contributed by atoms with Gasteiger partial charge in [0.25, 0.3) is 0 Å². The second-order valence-corrected chi connectivity index (χ2v) is 7.68. The number of fused-ring (bicyclic) bond motifs is 1. The van der Waals surface area contributed by atoms with Gasteiger partial charge in [0.05, 0.1) is 23.9 Å². The molecular weight excluding hydrogens is 318 g/mol. The Hall–Kier alpha value is -2.05. The molecule has 0 bridgehead atoms. The number of urea groups is 1. The van der Waals surface area contributed by atoms with Gasteiger partial charge in [-0.2, -0.15) is 5.10 Å². The van der Waals surface area contributed by atoms with Gasteiger partial charge in [-0.05, 0) is 56.4 Å². The largest absolute Gasteiger partial charge is 0.356 e. The topological polar surface area (TPSA) is 90.1 Å². The highest BCUT2D eigenvalue weighted by molar-refractivity contribution is 5.81. The van der Waals surface area contributed by atoms with Crippen LogP contribution < -0.4 is 10.6 Å². The van der Waals surface area contributed by atoms with Crippen LogP contribution in [0.3, 0.4) is 0 Å². The quantitative estimate of drug-likeness (QED) is 0.776. The molecule has 3 N–H and O–H groups in total. The highest BCUT2D eigenvalue weighted by Crippen LogP contribution is 2.29. The lowest BCUT2D eigenvalue weighted by Crippen LogP contribution is -2.50. The second-order valence-electron chi connectivity index (χ2n) is 7.68. The first-order valence-electron chi connectivity index (χ1n) is 9.56. The van der Waals surface area contributed by atoms with Crippen LogP contribution in [0.4, 0.5) is 4.79 Å². The van der Waals surface area contributed by atoms with E-state index in [9.17, 15) is 9.59 Å². The molecule has 2 atom stereocenters. The van der Waals surface area contributed by atoms with E-state index in [0.717, 1.165) is 50.9 Å². The number of carbonyl (C=O) groups excluding carboxylic acids is 2. The number of aromatic nitrogens is 2. The predicted molar refractivity (Wildman–Crippen MR) is 92.8 cm³/mol. The van der Waals surface area contributed by atoms with Crippen molar-refractivity contribution >= 4 is 11.9 Å². The summed E-state index contributed by atoms with van der Waals surface area (Å²) in [4.78, 5) is 26.8. The van der Waals surface area contributed by atoms with Gasteiger partial charge >= 0.3 is 6.03 Å². The van der Waals surface area contributed by atoms with Crippen LogP contribution in [-0.4, -0.2) is 46.7 Å². The first kappa shape index (κ1) is 16.4. The number of hydrogen-bond donors (Lipinski definition) is 3. The summed E-state index contributed by atoms with van der Waals surface area (Å²) < 4.78 is 0. The lowest BCUT2D eigenvalue weighted by Gasteiger charge is -2.34. The fourth-order valence-corrected chi connectivity index (χ4v) is 3.93. The summed E-state index contributed by atoms with van der Waals surface area (Å²) in [7, 11) is 0. The van der Waals surface area contributed by atoms with Crippen LogP contribution in [0.1, 0.15) is 55.8 Å². The van der Waals surface area contributed by atoms with Crippen LogP contribution in [-0.2, 0) is 11.2 Å². The predicted octanol–water partition coefficient (Wildman–Crippen LogP) is 1.73. The maximum atomic E-state index is 12.7. The van der Waals surface area contributed by atoms with Gasteiger partial charge in [0.15, 0.2) is 0 Å². The van der Waals surface area contributed by atoms with E-state index < -0.39 is 0 Å². The first-order valence-corrected chi connectivity index (χ1v) is 9.56. The lowest BCUT2D eigenvalue weighted by molar-refractivity contribution is -0.126. The van der Waals surface area contributed by atoms with E-state index in [0.29, 0.717) is 12.5 Å². The molecule has 136 valence electrons. The third-order valence-corrected chi connectivity index (χ3v) is 5.68. The summed E-state index contributed by atoms with van der Waals surface area (Å²) in [5.41, 5.74) is 2.24. The maximum absolute atomic E-state index is 12.7. The molecule has 1 aromatic heterocycles. The summed E-state index contributed by atoms with van der Waals surface area (Å²) >= 11 is 0. The van der Waals surface area contributed by atoms with E-state index in [-0.39, 0.29) is 23.9 Å². The molecule has 2 fully saturated rings. The Morgan fingerprint density at radius 3 is 2.96 bits per heavy atom. The van der Waals surface area contributed by atoms with Crippen LogP contribution in [0, 0.1) is 11.8 Å². The Kier molecular flexibility index (Phi) is 4.63. The van der Waals surface area contributed by atoms with E-state index >= 15 is 0 Å². The van der Waals surface area contributed by atoms with Crippen molar-refractivity contribution in [1.29, 1.82) is 0 Å². The number of amides is 3. The van der Waals surface area contributed by atoms with Crippen molar-refractivity contribution in [2.45, 2.75) is 51.0 Å². The normalized spacial score (nSPS) is 26.0. The van der Waals surface area contributed by atoms with Gasteiger partial charge in [-0.1, -0.05) is 0 Å². The molecule has 1 aromatic rings. The molecular formula is C18H27N5O2. The van der Waals surface area contributed by atoms with Crippen LogP contribution >= 0.6 is 0 Å². The molecule has 0 spiro atoms. The minimum absolute atomic E-state index is 0.00261. The van der Waals surface area contributed by atoms with E-state index in [1.807, 2.05) is 6.20 Å². The molecule has 1 saturated carbocycles. The number of nitrogens with one attached hydrogen (secondary N) is 3. The van der Waals surface area contributed by atoms with Crippen molar-refractivity contribution in [3.8, 4) is 0 Å². The standard InChI is InChI=1S/C18H27N5O2/c24-17(19-9-12-6-7-12)14-4-2-8-23(11-14)18(25)21-15-5-1-3-13-10-20-22-16(13)15/h10,12,14-15H,1-9,11H2,(H,19,24)(H,20,22)(H,21,25)/t14-,15-/m0/s1. The van der Waals surface area contributed by atoms with Gasteiger partial charge in [-0.3, -0.25) is 9.89 Å². The number of rotatable bonds is 4. The van der Waals surface area contributed by atoms with Crippen molar-refractivity contribution in [2.75, 3.05) is 19.6 Å².